The number of pyridine rings is 2. The van der Waals surface area contributed by atoms with E-state index in [1.807, 2.05) is 6.07 Å². The zero-order valence-electron chi connectivity index (χ0n) is 19.7. The highest BCUT2D eigenvalue weighted by Crippen LogP contribution is 2.33. The summed E-state index contributed by atoms with van der Waals surface area (Å²) in [6, 6.07) is 10.5. The highest BCUT2D eigenvalue weighted by atomic mass is 35.5. The highest BCUT2D eigenvalue weighted by molar-refractivity contribution is 6.39. The minimum Gasteiger partial charge on any atom is -0.492 e. The Labute approximate surface area is 218 Å². The van der Waals surface area contributed by atoms with Crippen LogP contribution in [0.3, 0.4) is 0 Å². The van der Waals surface area contributed by atoms with E-state index in [1.54, 1.807) is 49.8 Å². The van der Waals surface area contributed by atoms with Crippen molar-refractivity contribution in [1.82, 2.24) is 29.7 Å². The molecule has 4 heterocycles. The number of fused-ring (bicyclic) bond motifs is 1. The maximum Gasteiger partial charge on any atom is 0.259 e. The van der Waals surface area contributed by atoms with Crippen LogP contribution in [0.4, 0.5) is 11.8 Å². The number of hydrogen-bond donors (Lipinski definition) is 2. The Balaban J connectivity index is 1.35. The first-order valence-corrected chi connectivity index (χ1v) is 12.4. The first kappa shape index (κ1) is 24.5. The lowest BCUT2D eigenvalue weighted by atomic mass is 10.1. The topological polar surface area (TPSA) is 97.2 Å². The number of nitrogens with one attached hydrogen (secondary N) is 2. The van der Waals surface area contributed by atoms with Crippen LogP contribution in [0.1, 0.15) is 0 Å². The molecule has 0 bridgehead atoms. The summed E-state index contributed by atoms with van der Waals surface area (Å²) in [5.41, 5.74) is 1.08. The Bertz CT molecular complexity index is 1430. The van der Waals surface area contributed by atoms with Crippen LogP contribution in [0.15, 0.2) is 53.6 Å². The predicted molar refractivity (Wildman–Crippen MR) is 143 cm³/mol. The monoisotopic (exact) mass is 525 g/mol. The third-order valence-electron chi connectivity index (χ3n) is 6.04. The molecular formula is C25H25Cl2N7O2. The molecular weight excluding hydrogens is 501 g/mol. The van der Waals surface area contributed by atoms with Crippen LogP contribution < -0.4 is 20.9 Å². The number of anilines is 2. The van der Waals surface area contributed by atoms with E-state index in [1.165, 1.54) is 4.57 Å². The molecule has 186 valence electrons. The Morgan fingerprint density at radius 2 is 1.89 bits per heavy atom. The van der Waals surface area contributed by atoms with Crippen molar-refractivity contribution in [2.75, 3.05) is 44.6 Å². The van der Waals surface area contributed by atoms with Crippen LogP contribution in [0.2, 0.25) is 10.0 Å². The molecule has 36 heavy (non-hydrogen) atoms. The SMILES string of the molecule is Cn1c(=O)c(-c2c(Cl)cccc2Cl)cc2cnc(Nc3cc(OCCN4CCNCC4)ccn3)nc21. The predicted octanol–water partition coefficient (Wildman–Crippen LogP) is 3.72. The molecule has 1 aromatic carbocycles. The van der Waals surface area contributed by atoms with Crippen LogP contribution in [0, 0.1) is 0 Å². The molecule has 0 unspecified atom stereocenters. The molecule has 1 saturated heterocycles. The molecule has 0 radical (unpaired) electrons. The van der Waals surface area contributed by atoms with Gasteiger partial charge in [-0.05, 0) is 24.3 Å². The minimum absolute atomic E-state index is 0.264. The molecule has 0 atom stereocenters. The number of rotatable bonds is 7. The third kappa shape index (κ3) is 5.29. The molecule has 0 amide bonds. The zero-order chi connectivity index (χ0) is 25.1. The molecule has 1 aliphatic rings. The Kier molecular flexibility index (Phi) is 7.33. The molecule has 1 aliphatic heterocycles. The summed E-state index contributed by atoms with van der Waals surface area (Å²) < 4.78 is 7.38. The summed E-state index contributed by atoms with van der Waals surface area (Å²) in [6.45, 7) is 5.54. The summed E-state index contributed by atoms with van der Waals surface area (Å²) in [5.74, 6) is 1.56. The average Bonchev–Trinajstić information content (AvgIpc) is 2.88. The lowest BCUT2D eigenvalue weighted by Crippen LogP contribution is -2.44. The van der Waals surface area contributed by atoms with Crippen LogP contribution in [0.25, 0.3) is 22.2 Å². The van der Waals surface area contributed by atoms with Crippen molar-refractivity contribution >= 4 is 46.0 Å². The van der Waals surface area contributed by atoms with Crippen LogP contribution in [0.5, 0.6) is 5.75 Å². The van der Waals surface area contributed by atoms with Crippen LogP contribution >= 0.6 is 23.2 Å². The summed E-state index contributed by atoms with van der Waals surface area (Å²) in [7, 11) is 1.65. The smallest absolute Gasteiger partial charge is 0.259 e. The highest BCUT2D eigenvalue weighted by Gasteiger charge is 2.16. The van der Waals surface area contributed by atoms with Crippen LogP contribution in [-0.2, 0) is 7.05 Å². The van der Waals surface area contributed by atoms with Gasteiger partial charge in [0, 0.05) is 69.2 Å². The number of hydrogen-bond acceptors (Lipinski definition) is 8. The second-order valence-electron chi connectivity index (χ2n) is 8.43. The zero-order valence-corrected chi connectivity index (χ0v) is 21.2. The lowest BCUT2D eigenvalue weighted by molar-refractivity contribution is 0.191. The van der Waals surface area contributed by atoms with E-state index < -0.39 is 0 Å². The molecule has 1 fully saturated rings. The van der Waals surface area contributed by atoms with Crippen molar-refractivity contribution in [3.63, 3.8) is 0 Å². The van der Waals surface area contributed by atoms with Gasteiger partial charge in [-0.25, -0.2) is 9.97 Å². The van der Waals surface area contributed by atoms with Gasteiger partial charge in [-0.1, -0.05) is 29.3 Å². The molecule has 0 aliphatic carbocycles. The van der Waals surface area contributed by atoms with Crippen molar-refractivity contribution in [3.8, 4) is 16.9 Å². The fourth-order valence-corrected chi connectivity index (χ4v) is 4.75. The van der Waals surface area contributed by atoms with Gasteiger partial charge in [0.2, 0.25) is 5.95 Å². The first-order valence-electron chi connectivity index (χ1n) is 11.6. The van der Waals surface area contributed by atoms with Gasteiger partial charge >= 0.3 is 0 Å². The van der Waals surface area contributed by atoms with Gasteiger partial charge in [0.05, 0.1) is 15.6 Å². The van der Waals surface area contributed by atoms with E-state index in [4.69, 9.17) is 27.9 Å². The largest absolute Gasteiger partial charge is 0.492 e. The van der Waals surface area contributed by atoms with Gasteiger partial charge < -0.3 is 15.4 Å². The normalized spacial score (nSPS) is 14.2. The summed E-state index contributed by atoms with van der Waals surface area (Å²) >= 11 is 12.7. The molecule has 2 N–H and O–H groups in total. The number of aryl methyl sites for hydroxylation is 1. The number of ether oxygens (including phenoxy) is 1. The second kappa shape index (κ2) is 10.8. The first-order chi connectivity index (χ1) is 17.5. The molecule has 0 spiro atoms. The van der Waals surface area contributed by atoms with Gasteiger partial charge in [-0.15, -0.1) is 0 Å². The van der Waals surface area contributed by atoms with Crippen molar-refractivity contribution < 1.29 is 4.74 Å². The van der Waals surface area contributed by atoms with E-state index in [2.05, 4.69) is 30.5 Å². The molecule has 9 nitrogen and oxygen atoms in total. The van der Waals surface area contributed by atoms with E-state index in [9.17, 15) is 4.79 Å². The van der Waals surface area contributed by atoms with Gasteiger partial charge in [0.15, 0.2) is 0 Å². The van der Waals surface area contributed by atoms with Crippen molar-refractivity contribution in [3.05, 3.63) is 69.2 Å². The number of benzene rings is 1. The van der Waals surface area contributed by atoms with Gasteiger partial charge in [-0.3, -0.25) is 14.3 Å². The molecule has 4 aromatic rings. The van der Waals surface area contributed by atoms with Gasteiger partial charge in [0.25, 0.3) is 5.56 Å². The minimum atomic E-state index is -0.264. The van der Waals surface area contributed by atoms with Crippen molar-refractivity contribution in [2.45, 2.75) is 0 Å². The number of halogens is 2. The van der Waals surface area contributed by atoms with Crippen molar-refractivity contribution in [1.29, 1.82) is 0 Å². The number of nitrogens with zero attached hydrogens (tertiary/aromatic N) is 5. The maximum atomic E-state index is 13.1. The lowest BCUT2D eigenvalue weighted by Gasteiger charge is -2.26. The summed E-state index contributed by atoms with van der Waals surface area (Å²) in [5, 5.41) is 7.92. The molecule has 0 saturated carbocycles. The molecule has 3 aromatic heterocycles. The number of piperazine rings is 1. The second-order valence-corrected chi connectivity index (χ2v) is 9.25. The van der Waals surface area contributed by atoms with Crippen molar-refractivity contribution in [2.24, 2.45) is 7.05 Å². The quantitative estimate of drug-likeness (QED) is 0.376. The Morgan fingerprint density at radius 3 is 2.67 bits per heavy atom. The maximum absolute atomic E-state index is 13.1. The third-order valence-corrected chi connectivity index (χ3v) is 6.67. The summed E-state index contributed by atoms with van der Waals surface area (Å²) in [6.07, 6.45) is 3.31. The van der Waals surface area contributed by atoms with E-state index >= 15 is 0 Å². The molecule has 5 rings (SSSR count). The Morgan fingerprint density at radius 1 is 1.11 bits per heavy atom. The van der Waals surface area contributed by atoms with E-state index in [0.717, 1.165) is 32.7 Å². The van der Waals surface area contributed by atoms with E-state index in [-0.39, 0.29) is 5.56 Å². The average molecular weight is 526 g/mol. The fraction of sp³-hybridized carbons (Fsp3) is 0.280. The van der Waals surface area contributed by atoms with Gasteiger partial charge in [0.1, 0.15) is 23.8 Å². The van der Waals surface area contributed by atoms with Gasteiger partial charge in [-0.2, -0.15) is 4.98 Å². The summed E-state index contributed by atoms with van der Waals surface area (Å²) in [4.78, 5) is 28.8. The Hall–Kier alpha value is -3.24. The molecule has 11 heteroatoms. The van der Waals surface area contributed by atoms with Crippen LogP contribution in [-0.4, -0.2) is 63.7 Å². The number of aromatic nitrogens is 4. The standard InChI is InChI=1S/C25H25Cl2N7O2/c1-33-23-16(13-18(24(33)35)22-19(26)3-2-4-20(22)27)15-30-25(32-23)31-21-14-17(5-6-29-21)36-12-11-34-9-7-28-8-10-34/h2-6,13-15,28H,7-12H2,1H3,(H,29,30,31,32). The van der Waals surface area contributed by atoms with E-state index in [0.29, 0.717) is 56.3 Å². The fourth-order valence-electron chi connectivity index (χ4n) is 4.15.